The summed E-state index contributed by atoms with van der Waals surface area (Å²) in [6.45, 7) is 4.23. The smallest absolute Gasteiger partial charge is 0.163 e. The summed E-state index contributed by atoms with van der Waals surface area (Å²) in [4.78, 5) is 13.3. The first-order valence-corrected chi connectivity index (χ1v) is 9.96. The predicted molar refractivity (Wildman–Crippen MR) is 114 cm³/mol. The second kappa shape index (κ2) is 7.02. The molecule has 0 saturated heterocycles. The Kier molecular flexibility index (Phi) is 4.80. The Balaban J connectivity index is 1.96. The number of hydrogen-bond acceptors (Lipinski definition) is 4. The van der Waals surface area contributed by atoms with Gasteiger partial charge < -0.3 is 15.4 Å². The maximum absolute atomic E-state index is 13.3. The lowest BCUT2D eigenvalue weighted by Gasteiger charge is -2.34. The number of benzene rings is 2. The zero-order valence-corrected chi connectivity index (χ0v) is 17.5. The van der Waals surface area contributed by atoms with E-state index in [1.807, 2.05) is 30.3 Å². The van der Waals surface area contributed by atoms with Gasteiger partial charge in [0.25, 0.3) is 0 Å². The number of carbonyl (C=O) groups excluding carboxylic acids is 1. The van der Waals surface area contributed by atoms with Crippen molar-refractivity contribution in [2.24, 2.45) is 5.41 Å². The largest absolute Gasteiger partial charge is 0.495 e. The monoisotopic (exact) mass is 416 g/mol. The van der Waals surface area contributed by atoms with E-state index >= 15 is 0 Å². The number of allylic oxidation sites excluding steroid dienone is 1. The Morgan fingerprint density at radius 1 is 1.11 bits per heavy atom. The van der Waals surface area contributed by atoms with E-state index in [-0.39, 0.29) is 11.2 Å². The number of anilines is 2. The van der Waals surface area contributed by atoms with Crippen LogP contribution in [-0.2, 0) is 4.79 Å². The Labute approximate surface area is 174 Å². The molecule has 0 bridgehead atoms. The third-order valence-electron chi connectivity index (χ3n) is 5.27. The topological polar surface area (TPSA) is 50.4 Å². The van der Waals surface area contributed by atoms with Crippen LogP contribution >= 0.6 is 23.2 Å². The van der Waals surface area contributed by atoms with Crippen LogP contribution in [0.15, 0.2) is 47.7 Å². The van der Waals surface area contributed by atoms with Crippen LogP contribution in [0, 0.1) is 5.41 Å². The second-order valence-electron chi connectivity index (χ2n) is 8.09. The van der Waals surface area contributed by atoms with Crippen molar-refractivity contribution in [1.29, 1.82) is 0 Å². The molecule has 2 aromatic rings. The number of nitrogens with one attached hydrogen (secondary N) is 2. The highest BCUT2D eigenvalue weighted by molar-refractivity contribution is 6.35. The highest BCUT2D eigenvalue weighted by Crippen LogP contribution is 2.48. The quantitative estimate of drug-likeness (QED) is 0.609. The molecule has 28 heavy (non-hydrogen) atoms. The van der Waals surface area contributed by atoms with Crippen molar-refractivity contribution in [1.82, 2.24) is 0 Å². The molecule has 146 valence electrons. The van der Waals surface area contributed by atoms with Crippen molar-refractivity contribution >= 4 is 40.4 Å². The third-order valence-corrected chi connectivity index (χ3v) is 5.77. The fraction of sp³-hybridized carbons (Fsp3) is 0.318. The molecular weight excluding hydrogens is 395 g/mol. The molecule has 1 atom stereocenters. The molecule has 2 aromatic carbocycles. The molecule has 1 aliphatic heterocycles. The number of ether oxygens (including phenoxy) is 1. The van der Waals surface area contributed by atoms with Gasteiger partial charge in [0, 0.05) is 28.3 Å². The van der Waals surface area contributed by atoms with E-state index in [2.05, 4.69) is 24.5 Å². The average molecular weight is 417 g/mol. The van der Waals surface area contributed by atoms with Crippen LogP contribution < -0.4 is 15.4 Å². The number of carbonyl (C=O) groups is 1. The molecule has 2 N–H and O–H groups in total. The van der Waals surface area contributed by atoms with Gasteiger partial charge in [-0.2, -0.15) is 0 Å². The van der Waals surface area contributed by atoms with Gasteiger partial charge in [-0.3, -0.25) is 4.79 Å². The van der Waals surface area contributed by atoms with Crippen molar-refractivity contribution in [2.75, 3.05) is 17.7 Å². The standard InChI is InChI=1S/C22H22Cl2N2O2/c1-22(2)10-17-19(18(27)11-22)20(26-16-7-5-4-6-15(16)25-17)13-8-12(23)9-14(24)21(13)28-3/h4-9,20,25-26H,10-11H2,1-3H3. The molecule has 0 radical (unpaired) electrons. The molecule has 4 rings (SSSR count). The Morgan fingerprint density at radius 2 is 1.82 bits per heavy atom. The molecule has 0 spiro atoms. The number of ketones is 1. The average Bonchev–Trinajstić information content (AvgIpc) is 2.76. The summed E-state index contributed by atoms with van der Waals surface area (Å²) >= 11 is 12.7. The Morgan fingerprint density at radius 3 is 2.54 bits per heavy atom. The summed E-state index contributed by atoms with van der Waals surface area (Å²) in [5, 5.41) is 7.95. The van der Waals surface area contributed by atoms with Crippen LogP contribution in [-0.4, -0.2) is 12.9 Å². The molecule has 6 heteroatoms. The lowest BCUT2D eigenvalue weighted by Crippen LogP contribution is -2.31. The lowest BCUT2D eigenvalue weighted by atomic mass is 9.73. The van der Waals surface area contributed by atoms with Crippen LogP contribution in [0.4, 0.5) is 11.4 Å². The van der Waals surface area contributed by atoms with E-state index in [4.69, 9.17) is 27.9 Å². The molecule has 1 unspecified atom stereocenters. The predicted octanol–water partition coefficient (Wildman–Crippen LogP) is 6.22. The third kappa shape index (κ3) is 3.36. The minimum Gasteiger partial charge on any atom is -0.495 e. The molecule has 0 aromatic heterocycles. The normalized spacial score (nSPS) is 20.5. The zero-order chi connectivity index (χ0) is 20.1. The van der Waals surface area contributed by atoms with Crippen LogP contribution in [0.3, 0.4) is 0 Å². The summed E-state index contributed by atoms with van der Waals surface area (Å²) < 4.78 is 5.58. The zero-order valence-electron chi connectivity index (χ0n) is 16.0. The number of rotatable bonds is 2. The molecule has 2 aliphatic rings. The summed E-state index contributed by atoms with van der Waals surface area (Å²) in [6, 6.07) is 11.0. The molecule has 4 nitrogen and oxygen atoms in total. The van der Waals surface area contributed by atoms with Gasteiger partial charge >= 0.3 is 0 Å². The molecule has 0 saturated carbocycles. The molecule has 0 amide bonds. The second-order valence-corrected chi connectivity index (χ2v) is 8.93. The first kappa shape index (κ1) is 19.2. The van der Waals surface area contributed by atoms with E-state index in [9.17, 15) is 4.79 Å². The first-order chi connectivity index (χ1) is 13.3. The van der Waals surface area contributed by atoms with Crippen molar-refractivity contribution in [3.63, 3.8) is 0 Å². The van der Waals surface area contributed by atoms with Gasteiger partial charge in [0.15, 0.2) is 5.78 Å². The van der Waals surface area contributed by atoms with Gasteiger partial charge in [0.1, 0.15) is 5.75 Å². The fourth-order valence-electron chi connectivity index (χ4n) is 4.13. The maximum atomic E-state index is 13.3. The van der Waals surface area contributed by atoms with Gasteiger partial charge in [-0.15, -0.1) is 0 Å². The van der Waals surface area contributed by atoms with Gasteiger partial charge in [0.2, 0.25) is 0 Å². The van der Waals surface area contributed by atoms with Crippen LogP contribution in [0.1, 0.15) is 38.3 Å². The first-order valence-electron chi connectivity index (χ1n) is 9.21. The van der Waals surface area contributed by atoms with Crippen LogP contribution in [0.5, 0.6) is 5.75 Å². The number of hydrogen-bond donors (Lipinski definition) is 2. The number of methoxy groups -OCH3 is 1. The molecule has 1 aliphatic carbocycles. The van der Waals surface area contributed by atoms with E-state index in [0.29, 0.717) is 27.8 Å². The lowest BCUT2D eigenvalue weighted by molar-refractivity contribution is -0.118. The van der Waals surface area contributed by atoms with Crippen LogP contribution in [0.2, 0.25) is 10.0 Å². The van der Waals surface area contributed by atoms with E-state index in [0.717, 1.165) is 29.1 Å². The highest BCUT2D eigenvalue weighted by atomic mass is 35.5. The van der Waals surface area contributed by atoms with Crippen LogP contribution in [0.25, 0.3) is 0 Å². The Hall–Kier alpha value is -2.17. The minimum atomic E-state index is -0.416. The summed E-state index contributed by atoms with van der Waals surface area (Å²) in [5.74, 6) is 0.634. The minimum absolute atomic E-state index is 0.108. The number of Topliss-reactive ketones (excluding diaryl/α,β-unsaturated/α-hetero) is 1. The number of para-hydroxylation sites is 2. The van der Waals surface area contributed by atoms with Gasteiger partial charge in [-0.25, -0.2) is 0 Å². The van der Waals surface area contributed by atoms with Crippen molar-refractivity contribution in [3.8, 4) is 5.75 Å². The van der Waals surface area contributed by atoms with Gasteiger partial charge in [-0.05, 0) is 36.1 Å². The van der Waals surface area contributed by atoms with E-state index in [1.54, 1.807) is 13.2 Å². The van der Waals surface area contributed by atoms with E-state index in [1.165, 1.54) is 0 Å². The van der Waals surface area contributed by atoms with Gasteiger partial charge in [0.05, 0.1) is 29.5 Å². The van der Waals surface area contributed by atoms with Crippen molar-refractivity contribution in [3.05, 3.63) is 63.3 Å². The van der Waals surface area contributed by atoms with E-state index < -0.39 is 6.04 Å². The fourth-order valence-corrected chi connectivity index (χ4v) is 4.72. The molecule has 1 heterocycles. The number of fused-ring (bicyclic) bond motifs is 1. The van der Waals surface area contributed by atoms with Gasteiger partial charge in [-0.1, -0.05) is 49.2 Å². The summed E-state index contributed by atoms with van der Waals surface area (Å²) in [5.41, 5.74) is 4.14. The molecular formula is C22H22Cl2N2O2. The number of halogens is 2. The van der Waals surface area contributed by atoms with Crippen molar-refractivity contribution < 1.29 is 9.53 Å². The van der Waals surface area contributed by atoms with Crippen molar-refractivity contribution in [2.45, 2.75) is 32.7 Å². The highest BCUT2D eigenvalue weighted by Gasteiger charge is 2.39. The Bertz CT molecular complexity index is 998. The SMILES string of the molecule is COc1c(Cl)cc(Cl)cc1C1Nc2ccccc2NC2=C1C(=O)CC(C)(C)C2. The summed E-state index contributed by atoms with van der Waals surface area (Å²) in [6.07, 6.45) is 1.26. The molecule has 0 fully saturated rings. The summed E-state index contributed by atoms with van der Waals surface area (Å²) in [7, 11) is 1.57. The maximum Gasteiger partial charge on any atom is 0.163 e.